The van der Waals surface area contributed by atoms with Gasteiger partial charge in [0.1, 0.15) is 0 Å². The van der Waals surface area contributed by atoms with Crippen LogP contribution < -0.4 is 5.73 Å². The molecule has 0 radical (unpaired) electrons. The maximum absolute atomic E-state index is 5.55. The highest BCUT2D eigenvalue weighted by atomic mass is 15.2. The number of nitrogens with two attached hydrogens (primary N) is 1. The van der Waals surface area contributed by atoms with Gasteiger partial charge in [0.15, 0.2) is 0 Å². The minimum Gasteiger partial charge on any atom is -0.401 e. The molecule has 0 aliphatic carbocycles. The zero-order valence-electron chi connectivity index (χ0n) is 5.93. The van der Waals surface area contributed by atoms with Crippen molar-refractivity contribution in [2.75, 3.05) is 13.6 Å². The largest absolute Gasteiger partial charge is 0.401 e. The van der Waals surface area contributed by atoms with E-state index in [0.717, 1.165) is 5.70 Å². The van der Waals surface area contributed by atoms with Crippen LogP contribution in [-0.4, -0.2) is 24.5 Å². The van der Waals surface area contributed by atoms with E-state index in [2.05, 4.69) is 18.5 Å². The van der Waals surface area contributed by atoms with Crippen LogP contribution in [0.4, 0.5) is 0 Å². The summed E-state index contributed by atoms with van der Waals surface area (Å²) in [6, 6.07) is 0.449. The molecule has 1 aliphatic rings. The molecule has 1 saturated heterocycles. The average molecular weight is 126 g/mol. The molecular weight excluding hydrogens is 112 g/mol. The van der Waals surface area contributed by atoms with Crippen LogP contribution in [0, 0.1) is 0 Å². The summed E-state index contributed by atoms with van der Waals surface area (Å²) in [5.74, 6) is 0. The number of likely N-dealkylation sites (tertiary alicyclic amines) is 1. The van der Waals surface area contributed by atoms with Crippen LogP contribution >= 0.6 is 0 Å². The van der Waals surface area contributed by atoms with E-state index in [9.17, 15) is 0 Å². The van der Waals surface area contributed by atoms with E-state index in [0.29, 0.717) is 6.04 Å². The van der Waals surface area contributed by atoms with Gasteiger partial charge >= 0.3 is 0 Å². The summed E-state index contributed by atoms with van der Waals surface area (Å²) in [7, 11) is 2.09. The molecule has 0 aromatic carbocycles. The lowest BCUT2D eigenvalue weighted by Crippen LogP contribution is -2.29. The minimum atomic E-state index is 0.449. The van der Waals surface area contributed by atoms with Crippen molar-refractivity contribution < 1.29 is 0 Å². The molecule has 2 nitrogen and oxygen atoms in total. The standard InChI is InChI=1S/C7H14N2/c1-6(8)7-4-3-5-9(7)2/h7H,1,3-5,8H2,2H3/t7-/m0/s1. The molecule has 0 aromatic rings. The molecule has 9 heavy (non-hydrogen) atoms. The highest BCUT2D eigenvalue weighted by Crippen LogP contribution is 2.17. The minimum absolute atomic E-state index is 0.449. The van der Waals surface area contributed by atoms with Crippen molar-refractivity contribution in [3.63, 3.8) is 0 Å². The zero-order chi connectivity index (χ0) is 6.85. The van der Waals surface area contributed by atoms with Crippen LogP contribution in [0.3, 0.4) is 0 Å². The van der Waals surface area contributed by atoms with Crippen LogP contribution in [0.2, 0.25) is 0 Å². The lowest BCUT2D eigenvalue weighted by atomic mass is 10.2. The molecule has 0 unspecified atom stereocenters. The number of hydrogen-bond donors (Lipinski definition) is 1. The monoisotopic (exact) mass is 126 g/mol. The zero-order valence-corrected chi connectivity index (χ0v) is 5.93. The maximum atomic E-state index is 5.55. The van der Waals surface area contributed by atoms with E-state index in [1.54, 1.807) is 0 Å². The first-order valence-corrected chi connectivity index (χ1v) is 3.36. The fourth-order valence-corrected chi connectivity index (χ4v) is 1.38. The number of rotatable bonds is 1. The predicted molar refractivity (Wildman–Crippen MR) is 39.0 cm³/mol. The smallest absolute Gasteiger partial charge is 0.0484 e. The van der Waals surface area contributed by atoms with Gasteiger partial charge in [-0.25, -0.2) is 0 Å². The summed E-state index contributed by atoms with van der Waals surface area (Å²) in [4.78, 5) is 2.25. The van der Waals surface area contributed by atoms with Crippen molar-refractivity contribution in [2.45, 2.75) is 18.9 Å². The fourth-order valence-electron chi connectivity index (χ4n) is 1.38. The van der Waals surface area contributed by atoms with Gasteiger partial charge in [0, 0.05) is 11.7 Å². The van der Waals surface area contributed by atoms with Gasteiger partial charge in [-0.2, -0.15) is 0 Å². The summed E-state index contributed by atoms with van der Waals surface area (Å²) in [5.41, 5.74) is 6.37. The Morgan fingerprint density at radius 3 is 2.67 bits per heavy atom. The van der Waals surface area contributed by atoms with E-state index < -0.39 is 0 Å². The predicted octanol–water partition coefficient (Wildman–Crippen LogP) is 0.553. The molecule has 1 atom stereocenters. The summed E-state index contributed by atoms with van der Waals surface area (Å²) < 4.78 is 0. The summed E-state index contributed by atoms with van der Waals surface area (Å²) in [6.07, 6.45) is 2.45. The molecular formula is C7H14N2. The van der Waals surface area contributed by atoms with Gasteiger partial charge in [0.25, 0.3) is 0 Å². The van der Waals surface area contributed by atoms with Crippen molar-refractivity contribution in [3.8, 4) is 0 Å². The van der Waals surface area contributed by atoms with Crippen molar-refractivity contribution >= 4 is 0 Å². The van der Waals surface area contributed by atoms with Crippen molar-refractivity contribution in [1.82, 2.24) is 4.90 Å². The normalized spacial score (nSPS) is 28.8. The van der Waals surface area contributed by atoms with Gasteiger partial charge < -0.3 is 5.73 Å². The Hall–Kier alpha value is -0.500. The Labute approximate surface area is 56.3 Å². The topological polar surface area (TPSA) is 29.3 Å². The van der Waals surface area contributed by atoms with Crippen LogP contribution in [0.5, 0.6) is 0 Å². The third-order valence-corrected chi connectivity index (χ3v) is 1.95. The molecule has 1 aliphatic heterocycles. The number of likely N-dealkylation sites (N-methyl/N-ethyl adjacent to an activating group) is 1. The lowest BCUT2D eigenvalue weighted by Gasteiger charge is -2.18. The Bertz CT molecular complexity index is 120. The molecule has 0 saturated carbocycles. The first kappa shape index (κ1) is 6.62. The Morgan fingerprint density at radius 1 is 1.78 bits per heavy atom. The van der Waals surface area contributed by atoms with Crippen LogP contribution in [0.15, 0.2) is 12.3 Å². The lowest BCUT2D eigenvalue weighted by molar-refractivity contribution is 0.343. The first-order chi connectivity index (χ1) is 4.22. The fraction of sp³-hybridized carbons (Fsp3) is 0.714. The Morgan fingerprint density at radius 2 is 2.44 bits per heavy atom. The quantitative estimate of drug-likeness (QED) is 0.556. The van der Waals surface area contributed by atoms with Crippen LogP contribution in [0.25, 0.3) is 0 Å². The second-order valence-electron chi connectivity index (χ2n) is 2.71. The van der Waals surface area contributed by atoms with Gasteiger partial charge in [-0.15, -0.1) is 0 Å². The van der Waals surface area contributed by atoms with Gasteiger partial charge in [-0.05, 0) is 26.4 Å². The second-order valence-corrected chi connectivity index (χ2v) is 2.71. The van der Waals surface area contributed by atoms with Crippen LogP contribution in [0.1, 0.15) is 12.8 Å². The molecule has 1 rings (SSSR count). The van der Waals surface area contributed by atoms with Gasteiger partial charge in [-0.1, -0.05) is 6.58 Å². The maximum Gasteiger partial charge on any atom is 0.0484 e. The molecule has 0 spiro atoms. The molecule has 2 N–H and O–H groups in total. The highest BCUT2D eigenvalue weighted by molar-refractivity contribution is 5.02. The van der Waals surface area contributed by atoms with Crippen molar-refractivity contribution in [1.29, 1.82) is 0 Å². The molecule has 0 amide bonds. The third kappa shape index (κ3) is 1.24. The first-order valence-electron chi connectivity index (χ1n) is 3.36. The van der Waals surface area contributed by atoms with Crippen LogP contribution in [-0.2, 0) is 0 Å². The molecule has 1 fully saturated rings. The van der Waals surface area contributed by atoms with E-state index in [1.807, 2.05) is 0 Å². The number of nitrogens with zero attached hydrogens (tertiary/aromatic N) is 1. The van der Waals surface area contributed by atoms with Crippen molar-refractivity contribution in [2.24, 2.45) is 5.73 Å². The molecule has 52 valence electrons. The van der Waals surface area contributed by atoms with E-state index >= 15 is 0 Å². The third-order valence-electron chi connectivity index (χ3n) is 1.95. The van der Waals surface area contributed by atoms with E-state index in [1.165, 1.54) is 19.4 Å². The SMILES string of the molecule is C=C(N)[C@@H]1CCCN1C. The van der Waals surface area contributed by atoms with Gasteiger partial charge in [0.05, 0.1) is 0 Å². The molecule has 0 bridgehead atoms. The summed E-state index contributed by atoms with van der Waals surface area (Å²) in [5, 5.41) is 0. The van der Waals surface area contributed by atoms with Gasteiger partial charge in [-0.3, -0.25) is 4.90 Å². The molecule has 0 aromatic heterocycles. The summed E-state index contributed by atoms with van der Waals surface area (Å²) >= 11 is 0. The van der Waals surface area contributed by atoms with Gasteiger partial charge in [0.2, 0.25) is 0 Å². The average Bonchev–Trinajstić information content (AvgIpc) is 2.13. The molecule has 1 heterocycles. The van der Waals surface area contributed by atoms with E-state index in [4.69, 9.17) is 5.73 Å². The van der Waals surface area contributed by atoms with E-state index in [-0.39, 0.29) is 0 Å². The van der Waals surface area contributed by atoms with Crippen molar-refractivity contribution in [3.05, 3.63) is 12.3 Å². The Kier molecular flexibility index (Phi) is 1.76. The second kappa shape index (κ2) is 2.40. The Balaban J connectivity index is 2.49. The molecule has 2 heteroatoms. The number of hydrogen-bond acceptors (Lipinski definition) is 2. The highest BCUT2D eigenvalue weighted by Gasteiger charge is 2.21. The summed E-state index contributed by atoms with van der Waals surface area (Å²) in [6.45, 7) is 4.89.